The molecule has 5 atom stereocenters. The number of rotatable bonds is 8. The van der Waals surface area contributed by atoms with Gasteiger partial charge in [0.2, 0.25) is 17.7 Å². The quantitative estimate of drug-likeness (QED) is 0.282. The summed E-state index contributed by atoms with van der Waals surface area (Å²) in [6.07, 6.45) is 1.50. The van der Waals surface area contributed by atoms with Crippen LogP contribution in [0.1, 0.15) is 74.5 Å². The first kappa shape index (κ1) is 33.3. The van der Waals surface area contributed by atoms with Crippen molar-refractivity contribution in [3.63, 3.8) is 0 Å². The molecular formula is C33H44N6O6. The number of likely N-dealkylation sites (N-methyl/N-ethyl adjacent to an activating group) is 1. The molecule has 2 aromatic carbocycles. The maximum Gasteiger partial charge on any atom is 0.407 e. The van der Waals surface area contributed by atoms with Gasteiger partial charge in [0.1, 0.15) is 18.1 Å². The van der Waals surface area contributed by atoms with Crippen molar-refractivity contribution in [3.05, 3.63) is 65.2 Å². The van der Waals surface area contributed by atoms with E-state index in [-0.39, 0.29) is 30.8 Å². The summed E-state index contributed by atoms with van der Waals surface area (Å²) in [5.41, 5.74) is 8.12. The zero-order chi connectivity index (χ0) is 33.1. The highest BCUT2D eigenvalue weighted by atomic mass is 16.4. The molecule has 1 aliphatic carbocycles. The number of aryl methyl sites for hydroxylation is 1. The van der Waals surface area contributed by atoms with Crippen LogP contribution in [0.4, 0.5) is 10.5 Å². The van der Waals surface area contributed by atoms with Gasteiger partial charge in [-0.1, -0.05) is 45.0 Å². The van der Waals surface area contributed by atoms with E-state index in [4.69, 9.17) is 5.73 Å². The molecule has 2 aromatic rings. The Kier molecular flexibility index (Phi) is 10.0. The molecule has 1 aliphatic heterocycles. The molecule has 0 spiro atoms. The summed E-state index contributed by atoms with van der Waals surface area (Å²) in [7, 11) is 1.28. The van der Waals surface area contributed by atoms with Crippen LogP contribution in [0.15, 0.2) is 48.5 Å². The van der Waals surface area contributed by atoms with E-state index in [0.717, 1.165) is 29.7 Å². The van der Waals surface area contributed by atoms with Gasteiger partial charge in [-0.25, -0.2) is 4.79 Å². The van der Waals surface area contributed by atoms with Crippen molar-refractivity contribution in [2.45, 2.75) is 83.6 Å². The molecule has 1 heterocycles. The number of amides is 5. The normalized spacial score (nSPS) is 20.7. The zero-order valence-electron chi connectivity index (χ0n) is 26.5. The number of hydrogen-bond acceptors (Lipinski definition) is 6. The molecule has 242 valence electrons. The number of likely N-dealkylation sites (tertiary alicyclic amines) is 1. The van der Waals surface area contributed by atoms with Gasteiger partial charge >= 0.3 is 6.09 Å². The van der Waals surface area contributed by atoms with Crippen molar-refractivity contribution in [2.75, 3.05) is 19.3 Å². The third-order valence-corrected chi connectivity index (χ3v) is 8.74. The Bertz CT molecular complexity index is 1440. The number of hydrogen-bond donors (Lipinski definition) is 5. The summed E-state index contributed by atoms with van der Waals surface area (Å²) < 4.78 is 0. The Morgan fingerprint density at radius 1 is 1.02 bits per heavy atom. The minimum absolute atomic E-state index is 0.0475. The number of carbonyl (C=O) groups excluding carboxylic acids is 4. The smallest absolute Gasteiger partial charge is 0.407 e. The Balaban J connectivity index is 1.59. The number of nitrogen functional groups attached to an aromatic ring is 1. The molecule has 4 rings (SSSR count). The number of benzene rings is 2. The Morgan fingerprint density at radius 2 is 1.69 bits per heavy atom. The van der Waals surface area contributed by atoms with Gasteiger partial charge in [0, 0.05) is 30.9 Å². The van der Waals surface area contributed by atoms with Gasteiger partial charge in [-0.3, -0.25) is 24.1 Å². The molecule has 12 nitrogen and oxygen atoms in total. The average Bonchev–Trinajstić information content (AvgIpc) is 3.42. The van der Waals surface area contributed by atoms with Crippen LogP contribution in [0.5, 0.6) is 0 Å². The van der Waals surface area contributed by atoms with Crippen LogP contribution >= 0.6 is 0 Å². The lowest BCUT2D eigenvalue weighted by Gasteiger charge is -2.37. The number of nitrogens with one attached hydrogen (secondary N) is 3. The molecule has 6 N–H and O–H groups in total. The van der Waals surface area contributed by atoms with E-state index in [0.29, 0.717) is 11.3 Å². The summed E-state index contributed by atoms with van der Waals surface area (Å²) in [5, 5.41) is 18.2. The van der Waals surface area contributed by atoms with Crippen molar-refractivity contribution in [1.29, 1.82) is 0 Å². The lowest BCUT2D eigenvalue weighted by atomic mass is 9.85. The van der Waals surface area contributed by atoms with Crippen LogP contribution in [0.3, 0.4) is 0 Å². The van der Waals surface area contributed by atoms with Gasteiger partial charge in [0.25, 0.3) is 5.91 Å². The van der Waals surface area contributed by atoms with E-state index in [1.54, 1.807) is 45.0 Å². The molecule has 5 amide bonds. The first-order valence-electron chi connectivity index (χ1n) is 15.3. The molecular weight excluding hydrogens is 576 g/mol. The van der Waals surface area contributed by atoms with Crippen molar-refractivity contribution in [3.8, 4) is 0 Å². The van der Waals surface area contributed by atoms with Crippen LogP contribution in [0.25, 0.3) is 0 Å². The lowest BCUT2D eigenvalue weighted by molar-refractivity contribution is -0.144. The minimum atomic E-state index is -1.28. The van der Waals surface area contributed by atoms with E-state index in [9.17, 15) is 29.1 Å². The highest BCUT2D eigenvalue weighted by molar-refractivity contribution is 5.96. The summed E-state index contributed by atoms with van der Waals surface area (Å²) in [6, 6.07) is 10.6. The first-order chi connectivity index (χ1) is 21.2. The number of anilines is 1. The number of nitrogens with zero attached hydrogens (tertiary/aromatic N) is 2. The topological polar surface area (TPSA) is 174 Å². The standard InChI is InChI=1S/C33H44N6O6/c1-19(38(5)32(44)45)28(40)37-27(33(2,3)4)31(43)39-18-23(35-29(41)21-13-15-22(34)16-14-21)17-26(39)30(42)36-25-12-8-10-20-9-6-7-11-24(20)25/h6-7,9,11,13-16,19,23,25-27H,8,10,12,17-18,34H2,1-5H3,(H,35,41)(H,36,42)(H,37,40)(H,44,45)/t19-,23-,25+,26-,27+/m0/s1. The Labute approximate surface area is 263 Å². The molecule has 45 heavy (non-hydrogen) atoms. The van der Waals surface area contributed by atoms with Gasteiger partial charge in [-0.05, 0) is 73.4 Å². The molecule has 1 saturated heterocycles. The molecule has 0 unspecified atom stereocenters. The first-order valence-corrected chi connectivity index (χ1v) is 15.3. The number of carbonyl (C=O) groups is 5. The van der Waals surface area contributed by atoms with Crippen molar-refractivity contribution in [2.24, 2.45) is 5.41 Å². The predicted octanol–water partition coefficient (Wildman–Crippen LogP) is 2.69. The van der Waals surface area contributed by atoms with Gasteiger partial charge in [-0.15, -0.1) is 0 Å². The summed E-state index contributed by atoms with van der Waals surface area (Å²) in [4.78, 5) is 68.2. The fourth-order valence-electron chi connectivity index (χ4n) is 5.93. The van der Waals surface area contributed by atoms with Crippen molar-refractivity contribution in [1.82, 2.24) is 25.8 Å². The summed E-state index contributed by atoms with van der Waals surface area (Å²) in [5.74, 6) is -1.83. The van der Waals surface area contributed by atoms with Crippen LogP contribution in [-0.4, -0.2) is 82.4 Å². The molecule has 1 fully saturated rings. The predicted molar refractivity (Wildman–Crippen MR) is 169 cm³/mol. The molecule has 0 saturated carbocycles. The van der Waals surface area contributed by atoms with Crippen LogP contribution in [0.2, 0.25) is 0 Å². The number of fused-ring (bicyclic) bond motifs is 1. The number of carboxylic acid groups (broad SMARTS) is 1. The number of nitrogens with two attached hydrogens (primary N) is 1. The maximum atomic E-state index is 14.3. The highest BCUT2D eigenvalue weighted by Crippen LogP contribution is 2.31. The van der Waals surface area contributed by atoms with E-state index in [1.165, 1.54) is 24.4 Å². The largest absolute Gasteiger partial charge is 0.465 e. The highest BCUT2D eigenvalue weighted by Gasteiger charge is 2.46. The molecule has 12 heteroatoms. The summed E-state index contributed by atoms with van der Waals surface area (Å²) >= 11 is 0. The monoisotopic (exact) mass is 620 g/mol. The SMILES string of the molecule is C[C@@H](C(=O)N[C@H](C(=O)N1C[C@@H](NC(=O)c2ccc(N)cc2)C[C@H]1C(=O)N[C@@H]1CCCc2ccccc21)C(C)(C)C)N(C)C(=O)O. The maximum absolute atomic E-state index is 14.3. The molecule has 0 bridgehead atoms. The minimum Gasteiger partial charge on any atom is -0.465 e. The van der Waals surface area contributed by atoms with Gasteiger partial charge in [0.05, 0.1) is 6.04 Å². The van der Waals surface area contributed by atoms with Gasteiger partial charge < -0.3 is 31.7 Å². The van der Waals surface area contributed by atoms with E-state index < -0.39 is 47.5 Å². The fraction of sp³-hybridized carbons (Fsp3) is 0.485. The Hall–Kier alpha value is -4.61. The zero-order valence-corrected chi connectivity index (χ0v) is 26.5. The molecule has 0 aromatic heterocycles. The molecule has 2 aliphatic rings. The van der Waals surface area contributed by atoms with Gasteiger partial charge in [-0.2, -0.15) is 0 Å². The van der Waals surface area contributed by atoms with E-state index >= 15 is 0 Å². The fourth-order valence-corrected chi connectivity index (χ4v) is 5.93. The van der Waals surface area contributed by atoms with E-state index in [2.05, 4.69) is 22.0 Å². The second-order valence-corrected chi connectivity index (χ2v) is 13.1. The summed E-state index contributed by atoms with van der Waals surface area (Å²) in [6.45, 7) is 6.83. The van der Waals surface area contributed by atoms with Crippen LogP contribution in [0, 0.1) is 5.41 Å². The third-order valence-electron chi connectivity index (χ3n) is 8.74. The van der Waals surface area contributed by atoms with Crippen molar-refractivity contribution < 1.29 is 29.1 Å². The van der Waals surface area contributed by atoms with Gasteiger partial charge in [0.15, 0.2) is 0 Å². The Morgan fingerprint density at radius 3 is 2.33 bits per heavy atom. The van der Waals surface area contributed by atoms with Crippen LogP contribution < -0.4 is 21.7 Å². The van der Waals surface area contributed by atoms with E-state index in [1.807, 2.05) is 18.2 Å². The average molecular weight is 621 g/mol. The second-order valence-electron chi connectivity index (χ2n) is 13.1. The lowest BCUT2D eigenvalue weighted by Crippen LogP contribution is -2.60. The van der Waals surface area contributed by atoms with Crippen molar-refractivity contribution >= 4 is 35.4 Å². The van der Waals surface area contributed by atoms with Crippen LogP contribution in [-0.2, 0) is 20.8 Å². The molecule has 0 radical (unpaired) electrons. The third kappa shape index (κ3) is 7.73. The second kappa shape index (κ2) is 13.6.